The zero-order valence-corrected chi connectivity index (χ0v) is 21.3. The number of carbonyl (C=O) groups excluding carboxylic acids is 1. The number of anilines is 1. The Morgan fingerprint density at radius 2 is 1.89 bits per heavy atom. The number of rotatable bonds is 5. The van der Waals surface area contributed by atoms with Crippen LogP contribution >= 0.6 is 0 Å². The molecule has 1 aromatic carbocycles. The van der Waals surface area contributed by atoms with Gasteiger partial charge in [0.15, 0.2) is 0 Å². The molecule has 0 radical (unpaired) electrons. The SMILES string of the molecule is CC1CCC1N1CCC(Oc2ccc3c(c2)OCC2(CCN(c4ccc(C(N)=O)cn4)CC2)C3)CC1. The number of carbonyl (C=O) groups is 1. The standard InChI is InChI=1S/C29H38N4O3/c1-20-2-6-25(20)32-12-8-23(9-13-32)36-24-5-3-21-17-29(19-35-26(21)16-24)10-14-33(15-11-29)27-7-4-22(18-31-27)28(30)34/h3-5,7,16,18,20,23,25H,2,6,8-15,17,19H2,1H3,(H2,30,34). The van der Waals surface area contributed by atoms with Crippen molar-refractivity contribution < 1.29 is 14.3 Å². The van der Waals surface area contributed by atoms with Crippen molar-refractivity contribution >= 4 is 11.7 Å². The molecule has 36 heavy (non-hydrogen) atoms. The predicted molar refractivity (Wildman–Crippen MR) is 140 cm³/mol. The number of hydrogen-bond acceptors (Lipinski definition) is 6. The summed E-state index contributed by atoms with van der Waals surface area (Å²) in [5, 5.41) is 0. The summed E-state index contributed by atoms with van der Waals surface area (Å²) < 4.78 is 12.7. The normalized spacial score (nSPS) is 26.1. The maximum Gasteiger partial charge on any atom is 0.250 e. The Hall–Kier alpha value is -2.80. The average Bonchev–Trinajstić information content (AvgIpc) is 2.89. The topological polar surface area (TPSA) is 80.9 Å². The van der Waals surface area contributed by atoms with Gasteiger partial charge >= 0.3 is 0 Å². The number of fused-ring (bicyclic) bond motifs is 1. The molecule has 6 rings (SSSR count). The maximum absolute atomic E-state index is 11.3. The largest absolute Gasteiger partial charge is 0.493 e. The monoisotopic (exact) mass is 490 g/mol. The second kappa shape index (κ2) is 9.58. The molecule has 3 aliphatic heterocycles. The van der Waals surface area contributed by atoms with E-state index in [2.05, 4.69) is 39.9 Å². The first-order valence-corrected chi connectivity index (χ1v) is 13.7. The molecule has 192 valence electrons. The van der Waals surface area contributed by atoms with Gasteiger partial charge in [-0.1, -0.05) is 13.0 Å². The smallest absolute Gasteiger partial charge is 0.250 e. The quantitative estimate of drug-likeness (QED) is 0.681. The summed E-state index contributed by atoms with van der Waals surface area (Å²) in [5.74, 6) is 3.26. The van der Waals surface area contributed by atoms with Gasteiger partial charge in [-0.3, -0.25) is 9.69 Å². The first kappa shape index (κ1) is 23.6. The molecule has 2 aromatic rings. The van der Waals surface area contributed by atoms with Crippen LogP contribution in [0.2, 0.25) is 0 Å². The van der Waals surface area contributed by atoms with Crippen molar-refractivity contribution in [3.63, 3.8) is 0 Å². The van der Waals surface area contributed by atoms with Gasteiger partial charge in [-0.05, 0) is 74.6 Å². The van der Waals surface area contributed by atoms with Crippen LogP contribution in [0.3, 0.4) is 0 Å². The first-order chi connectivity index (χ1) is 17.5. The molecule has 1 spiro atoms. The second-order valence-electron chi connectivity index (χ2n) is 11.5. The van der Waals surface area contributed by atoms with Crippen molar-refractivity contribution in [2.45, 2.75) is 64.0 Å². The molecule has 1 aromatic heterocycles. The zero-order valence-electron chi connectivity index (χ0n) is 21.3. The fourth-order valence-corrected chi connectivity index (χ4v) is 6.53. The Bertz CT molecular complexity index is 1090. The van der Waals surface area contributed by atoms with Gasteiger partial charge in [0.25, 0.3) is 0 Å². The molecule has 2 atom stereocenters. The molecule has 0 bridgehead atoms. The number of amides is 1. The van der Waals surface area contributed by atoms with Crippen LogP contribution in [0.5, 0.6) is 11.5 Å². The van der Waals surface area contributed by atoms with Crippen molar-refractivity contribution in [2.75, 3.05) is 37.7 Å². The van der Waals surface area contributed by atoms with E-state index in [1.54, 1.807) is 12.3 Å². The number of aromatic nitrogens is 1. The highest BCUT2D eigenvalue weighted by Gasteiger charge is 2.39. The highest BCUT2D eigenvalue weighted by Crippen LogP contribution is 2.43. The van der Waals surface area contributed by atoms with Gasteiger partial charge in [0.05, 0.1) is 12.2 Å². The second-order valence-corrected chi connectivity index (χ2v) is 11.5. The van der Waals surface area contributed by atoms with Crippen molar-refractivity contribution in [3.8, 4) is 11.5 Å². The molecule has 2 unspecified atom stereocenters. The number of nitrogens with two attached hydrogens (primary N) is 1. The van der Waals surface area contributed by atoms with Crippen molar-refractivity contribution in [2.24, 2.45) is 17.1 Å². The fraction of sp³-hybridized carbons (Fsp3) is 0.586. The van der Waals surface area contributed by atoms with Gasteiger partial charge in [0.2, 0.25) is 5.91 Å². The van der Waals surface area contributed by atoms with E-state index < -0.39 is 5.91 Å². The van der Waals surface area contributed by atoms with Gasteiger partial charge < -0.3 is 20.1 Å². The molecule has 4 heterocycles. The number of primary amides is 1. The minimum Gasteiger partial charge on any atom is -0.493 e. The van der Waals surface area contributed by atoms with Crippen LogP contribution in [0.1, 0.15) is 61.4 Å². The minimum absolute atomic E-state index is 0.171. The van der Waals surface area contributed by atoms with E-state index in [9.17, 15) is 4.79 Å². The van der Waals surface area contributed by atoms with Crippen molar-refractivity contribution in [3.05, 3.63) is 47.7 Å². The number of pyridine rings is 1. The molecule has 2 saturated heterocycles. The van der Waals surface area contributed by atoms with Crippen LogP contribution in [0.4, 0.5) is 5.82 Å². The Kier molecular flexibility index (Phi) is 6.28. The lowest BCUT2D eigenvalue weighted by Crippen LogP contribution is -2.50. The molecule has 7 nitrogen and oxygen atoms in total. The fourth-order valence-electron chi connectivity index (χ4n) is 6.53. The van der Waals surface area contributed by atoms with Gasteiger partial charge in [-0.2, -0.15) is 0 Å². The Balaban J connectivity index is 1.02. The highest BCUT2D eigenvalue weighted by molar-refractivity contribution is 5.92. The van der Waals surface area contributed by atoms with E-state index in [1.807, 2.05) is 6.07 Å². The van der Waals surface area contributed by atoms with Gasteiger partial charge in [0, 0.05) is 49.9 Å². The number of ether oxygens (including phenoxy) is 2. The number of likely N-dealkylation sites (tertiary alicyclic amines) is 1. The Morgan fingerprint density at radius 1 is 1.08 bits per heavy atom. The lowest BCUT2D eigenvalue weighted by Gasteiger charge is -2.46. The Labute approximate surface area is 214 Å². The van der Waals surface area contributed by atoms with E-state index in [0.29, 0.717) is 11.7 Å². The van der Waals surface area contributed by atoms with Crippen LogP contribution in [-0.2, 0) is 6.42 Å². The van der Waals surface area contributed by atoms with Crippen LogP contribution in [0.25, 0.3) is 0 Å². The molecular formula is C29H38N4O3. The average molecular weight is 491 g/mol. The van der Waals surface area contributed by atoms with Gasteiger partial charge in [-0.25, -0.2) is 4.98 Å². The van der Waals surface area contributed by atoms with Crippen LogP contribution in [-0.4, -0.2) is 60.7 Å². The number of hydrogen-bond donors (Lipinski definition) is 1. The lowest BCUT2D eigenvalue weighted by molar-refractivity contribution is 0.0203. The van der Waals surface area contributed by atoms with E-state index in [-0.39, 0.29) is 5.41 Å². The summed E-state index contributed by atoms with van der Waals surface area (Å²) in [4.78, 5) is 20.7. The number of nitrogens with zero attached hydrogens (tertiary/aromatic N) is 3. The number of benzene rings is 1. The summed E-state index contributed by atoms with van der Waals surface area (Å²) in [6.45, 7) is 7.32. The zero-order chi connectivity index (χ0) is 24.7. The van der Waals surface area contributed by atoms with E-state index in [4.69, 9.17) is 15.2 Å². The summed E-state index contributed by atoms with van der Waals surface area (Å²) in [6, 6.07) is 10.9. The van der Waals surface area contributed by atoms with E-state index in [0.717, 1.165) is 94.2 Å². The first-order valence-electron chi connectivity index (χ1n) is 13.7. The molecule has 1 aliphatic carbocycles. The minimum atomic E-state index is -0.442. The summed E-state index contributed by atoms with van der Waals surface area (Å²) in [6.07, 6.45) is 10.0. The van der Waals surface area contributed by atoms with Crippen molar-refractivity contribution in [1.82, 2.24) is 9.88 Å². The molecule has 1 amide bonds. The predicted octanol–water partition coefficient (Wildman–Crippen LogP) is 4.04. The summed E-state index contributed by atoms with van der Waals surface area (Å²) in [7, 11) is 0. The molecule has 4 aliphatic rings. The van der Waals surface area contributed by atoms with E-state index in [1.165, 1.54) is 18.4 Å². The van der Waals surface area contributed by atoms with Crippen LogP contribution < -0.4 is 20.1 Å². The van der Waals surface area contributed by atoms with Crippen molar-refractivity contribution in [1.29, 1.82) is 0 Å². The summed E-state index contributed by atoms with van der Waals surface area (Å²) in [5.41, 5.74) is 7.25. The van der Waals surface area contributed by atoms with Crippen LogP contribution in [0, 0.1) is 11.3 Å². The Morgan fingerprint density at radius 3 is 2.53 bits per heavy atom. The van der Waals surface area contributed by atoms with Crippen LogP contribution in [0.15, 0.2) is 36.5 Å². The molecule has 2 N–H and O–H groups in total. The van der Waals surface area contributed by atoms with E-state index >= 15 is 0 Å². The molecular weight excluding hydrogens is 452 g/mol. The highest BCUT2D eigenvalue weighted by atomic mass is 16.5. The number of piperidine rings is 2. The third-order valence-corrected chi connectivity index (χ3v) is 9.14. The third-order valence-electron chi connectivity index (χ3n) is 9.14. The van der Waals surface area contributed by atoms with Gasteiger partial charge in [-0.15, -0.1) is 0 Å². The lowest BCUT2D eigenvalue weighted by atomic mass is 9.73. The maximum atomic E-state index is 11.3. The molecule has 7 heteroatoms. The summed E-state index contributed by atoms with van der Waals surface area (Å²) >= 11 is 0. The van der Waals surface area contributed by atoms with Gasteiger partial charge in [0.1, 0.15) is 23.4 Å². The molecule has 3 fully saturated rings. The molecule has 1 saturated carbocycles. The third kappa shape index (κ3) is 4.65.